The van der Waals surface area contributed by atoms with Crippen LogP contribution in [0.25, 0.3) is 0 Å². The lowest BCUT2D eigenvalue weighted by Crippen LogP contribution is -3.13. The number of nitrogens with zero attached hydrogens (tertiary/aromatic N) is 1. The zero-order valence-corrected chi connectivity index (χ0v) is 15.4. The van der Waals surface area contributed by atoms with Gasteiger partial charge in [-0.1, -0.05) is 6.07 Å². The van der Waals surface area contributed by atoms with E-state index in [9.17, 15) is 9.59 Å². The van der Waals surface area contributed by atoms with Crippen LogP contribution in [0.5, 0.6) is 5.75 Å². The van der Waals surface area contributed by atoms with E-state index >= 15 is 0 Å². The summed E-state index contributed by atoms with van der Waals surface area (Å²) in [4.78, 5) is 25.3. The van der Waals surface area contributed by atoms with Gasteiger partial charge in [-0.2, -0.15) is 5.26 Å². The number of carbonyl (C=O) groups excluding carboxylic acids is 2. The summed E-state index contributed by atoms with van der Waals surface area (Å²) >= 11 is 0. The first kappa shape index (κ1) is 19.9. The van der Waals surface area contributed by atoms with Gasteiger partial charge < -0.3 is 20.3 Å². The van der Waals surface area contributed by atoms with E-state index in [4.69, 9.17) is 10.00 Å². The van der Waals surface area contributed by atoms with E-state index in [1.165, 1.54) is 0 Å². The monoisotopic (exact) mass is 367 g/mol. The smallest absolute Gasteiger partial charge is 0.279 e. The predicted octanol–water partition coefficient (Wildman–Crippen LogP) is 1.05. The summed E-state index contributed by atoms with van der Waals surface area (Å²) in [5.74, 6) is 0.298. The van der Waals surface area contributed by atoms with Crippen molar-refractivity contribution in [3.63, 3.8) is 0 Å². The maximum Gasteiger partial charge on any atom is 0.279 e. The fraction of sp³-hybridized carbons (Fsp3) is 0.250. The van der Waals surface area contributed by atoms with Gasteiger partial charge in [-0.05, 0) is 43.3 Å². The second-order valence-corrected chi connectivity index (χ2v) is 5.97. The highest BCUT2D eigenvalue weighted by Gasteiger charge is 2.17. The van der Waals surface area contributed by atoms with E-state index < -0.39 is 0 Å². The molecule has 0 bridgehead atoms. The Morgan fingerprint density at radius 2 is 1.67 bits per heavy atom. The second-order valence-electron chi connectivity index (χ2n) is 5.97. The molecule has 0 spiro atoms. The van der Waals surface area contributed by atoms with Crippen molar-refractivity contribution in [2.45, 2.75) is 6.92 Å². The van der Waals surface area contributed by atoms with E-state index in [1.807, 2.05) is 13.0 Å². The number of likely N-dealkylation sites (N-methyl/N-ethyl adjacent to an activating group) is 1. The third kappa shape index (κ3) is 6.45. The minimum absolute atomic E-state index is 0.169. The summed E-state index contributed by atoms with van der Waals surface area (Å²) in [5.41, 5.74) is 1.80. The van der Waals surface area contributed by atoms with Crippen LogP contribution < -0.4 is 20.3 Å². The average molecular weight is 367 g/mol. The van der Waals surface area contributed by atoms with E-state index in [0.29, 0.717) is 29.2 Å². The van der Waals surface area contributed by atoms with Gasteiger partial charge in [0.05, 0.1) is 25.3 Å². The van der Waals surface area contributed by atoms with Gasteiger partial charge in [0.15, 0.2) is 13.1 Å². The molecule has 2 amide bonds. The molecule has 2 aromatic rings. The molecule has 0 radical (unpaired) electrons. The van der Waals surface area contributed by atoms with Crippen LogP contribution in [0.15, 0.2) is 48.5 Å². The lowest BCUT2D eigenvalue weighted by molar-refractivity contribution is -0.881. The number of carbonyl (C=O) groups is 2. The molecule has 0 aliphatic rings. The Kier molecular flexibility index (Phi) is 7.35. The lowest BCUT2D eigenvalue weighted by atomic mass is 10.2. The summed E-state index contributed by atoms with van der Waals surface area (Å²) in [6, 6.07) is 15.8. The van der Waals surface area contributed by atoms with Gasteiger partial charge in [0.2, 0.25) is 0 Å². The SMILES string of the molecule is CC[NH+](CC(=O)Nc1ccc(C#N)cc1)CC(=O)Nc1cccc(OC)c1. The van der Waals surface area contributed by atoms with Gasteiger partial charge in [0, 0.05) is 17.4 Å². The van der Waals surface area contributed by atoms with Gasteiger partial charge in [0.1, 0.15) is 5.75 Å². The normalized spacial score (nSPS) is 11.1. The summed E-state index contributed by atoms with van der Waals surface area (Å²) in [6.07, 6.45) is 0. The molecule has 1 unspecified atom stereocenters. The molecule has 2 aromatic carbocycles. The third-order valence-corrected chi connectivity index (χ3v) is 3.97. The molecule has 0 aliphatic heterocycles. The Labute approximate surface area is 158 Å². The molecule has 0 saturated heterocycles. The minimum Gasteiger partial charge on any atom is -0.497 e. The molecule has 7 heteroatoms. The van der Waals surface area contributed by atoms with Crippen LogP contribution in [0.4, 0.5) is 11.4 Å². The molecule has 0 aromatic heterocycles. The van der Waals surface area contributed by atoms with E-state index in [0.717, 1.165) is 4.90 Å². The van der Waals surface area contributed by atoms with Crippen LogP contribution >= 0.6 is 0 Å². The van der Waals surface area contributed by atoms with Crippen LogP contribution in [0.2, 0.25) is 0 Å². The molecule has 1 atom stereocenters. The number of rotatable bonds is 8. The van der Waals surface area contributed by atoms with E-state index in [1.54, 1.807) is 55.6 Å². The number of hydrogen-bond donors (Lipinski definition) is 3. The van der Waals surface area contributed by atoms with E-state index in [-0.39, 0.29) is 24.9 Å². The number of nitrogens with one attached hydrogen (secondary N) is 3. The summed E-state index contributed by atoms with van der Waals surface area (Å²) in [6.45, 7) is 2.89. The van der Waals surface area contributed by atoms with Crippen molar-refractivity contribution < 1.29 is 19.2 Å². The minimum atomic E-state index is -0.189. The summed E-state index contributed by atoms with van der Waals surface area (Å²) in [7, 11) is 1.57. The van der Waals surface area contributed by atoms with Crippen LogP contribution in [0.1, 0.15) is 12.5 Å². The number of ether oxygens (including phenoxy) is 1. The Morgan fingerprint density at radius 1 is 1.04 bits per heavy atom. The number of amides is 2. The maximum atomic E-state index is 12.3. The van der Waals surface area contributed by atoms with Gasteiger partial charge in [-0.15, -0.1) is 0 Å². The van der Waals surface area contributed by atoms with Gasteiger partial charge >= 0.3 is 0 Å². The van der Waals surface area contributed by atoms with Crippen molar-refractivity contribution in [2.75, 3.05) is 37.4 Å². The Hall–Kier alpha value is -3.37. The zero-order valence-electron chi connectivity index (χ0n) is 15.4. The van der Waals surface area contributed by atoms with Gasteiger partial charge in [0.25, 0.3) is 11.8 Å². The van der Waals surface area contributed by atoms with Crippen LogP contribution in [-0.2, 0) is 9.59 Å². The molecular formula is C20H23N4O3+. The number of methoxy groups -OCH3 is 1. The lowest BCUT2D eigenvalue weighted by Gasteiger charge is -2.17. The molecule has 0 saturated carbocycles. The van der Waals surface area contributed by atoms with Gasteiger partial charge in [-0.25, -0.2) is 0 Å². The molecule has 27 heavy (non-hydrogen) atoms. The molecule has 2 rings (SSSR count). The highest BCUT2D eigenvalue weighted by atomic mass is 16.5. The zero-order chi connectivity index (χ0) is 19.6. The Balaban J connectivity index is 1.86. The first-order chi connectivity index (χ1) is 13.0. The topological polar surface area (TPSA) is 95.7 Å². The second kappa shape index (κ2) is 9.94. The fourth-order valence-electron chi connectivity index (χ4n) is 2.51. The van der Waals surface area contributed by atoms with Crippen molar-refractivity contribution in [3.8, 4) is 11.8 Å². The first-order valence-electron chi connectivity index (χ1n) is 8.61. The Bertz CT molecular complexity index is 828. The van der Waals surface area contributed by atoms with Crippen LogP contribution in [-0.4, -0.2) is 38.6 Å². The maximum absolute atomic E-state index is 12.3. The molecule has 0 aliphatic carbocycles. The van der Waals surface area contributed by atoms with Crippen molar-refractivity contribution in [2.24, 2.45) is 0 Å². The number of quaternary nitrogens is 1. The van der Waals surface area contributed by atoms with Crippen molar-refractivity contribution in [3.05, 3.63) is 54.1 Å². The van der Waals surface area contributed by atoms with E-state index in [2.05, 4.69) is 10.6 Å². The first-order valence-corrected chi connectivity index (χ1v) is 8.61. The molecule has 140 valence electrons. The highest BCUT2D eigenvalue weighted by molar-refractivity contribution is 5.93. The standard InChI is InChI=1S/C20H22N4O3/c1-3-24(13-19(25)22-16-9-7-15(12-21)8-10-16)14-20(26)23-17-5-4-6-18(11-17)27-2/h4-11H,3,13-14H2,1-2H3,(H,22,25)(H,23,26)/p+1. The molecule has 7 nitrogen and oxygen atoms in total. The Morgan fingerprint density at radius 3 is 2.22 bits per heavy atom. The van der Waals surface area contributed by atoms with Crippen molar-refractivity contribution >= 4 is 23.2 Å². The highest BCUT2D eigenvalue weighted by Crippen LogP contribution is 2.16. The molecular weight excluding hydrogens is 344 g/mol. The van der Waals surface area contributed by atoms with Crippen molar-refractivity contribution in [1.29, 1.82) is 5.26 Å². The molecule has 3 N–H and O–H groups in total. The quantitative estimate of drug-likeness (QED) is 0.650. The fourth-order valence-corrected chi connectivity index (χ4v) is 2.51. The number of benzene rings is 2. The summed E-state index contributed by atoms with van der Waals surface area (Å²) in [5, 5.41) is 14.4. The largest absolute Gasteiger partial charge is 0.497 e. The summed E-state index contributed by atoms with van der Waals surface area (Å²) < 4.78 is 5.14. The third-order valence-electron chi connectivity index (χ3n) is 3.97. The number of nitriles is 1. The molecule has 0 fully saturated rings. The average Bonchev–Trinajstić information content (AvgIpc) is 2.68. The van der Waals surface area contributed by atoms with Gasteiger partial charge in [-0.3, -0.25) is 9.59 Å². The molecule has 0 heterocycles. The predicted molar refractivity (Wildman–Crippen MR) is 103 cm³/mol. The number of hydrogen-bond acceptors (Lipinski definition) is 4. The van der Waals surface area contributed by atoms with Crippen LogP contribution in [0.3, 0.4) is 0 Å². The van der Waals surface area contributed by atoms with Crippen molar-refractivity contribution in [1.82, 2.24) is 0 Å². The number of anilines is 2. The van der Waals surface area contributed by atoms with Crippen LogP contribution in [0, 0.1) is 11.3 Å².